The summed E-state index contributed by atoms with van der Waals surface area (Å²) >= 11 is 6.07. The van der Waals surface area contributed by atoms with E-state index in [9.17, 15) is 0 Å². The number of nitrogens with zero attached hydrogens (tertiary/aromatic N) is 5. The van der Waals surface area contributed by atoms with E-state index in [1.54, 1.807) is 6.33 Å². The Hall–Kier alpha value is -2.87. The number of anilines is 3. The third kappa shape index (κ3) is 3.70. The zero-order chi connectivity index (χ0) is 17.9. The molecule has 9 heteroatoms. The van der Waals surface area contributed by atoms with Crippen molar-refractivity contribution in [3.8, 4) is 11.3 Å². The summed E-state index contributed by atoms with van der Waals surface area (Å²) in [6.45, 7) is 1.72. The average Bonchev–Trinajstić information content (AvgIpc) is 3.09. The maximum Gasteiger partial charge on any atom is 0.246 e. The van der Waals surface area contributed by atoms with E-state index in [0.717, 1.165) is 43.0 Å². The Labute approximate surface area is 155 Å². The van der Waals surface area contributed by atoms with Gasteiger partial charge in [0, 0.05) is 35.8 Å². The number of hydrogen-bond acceptors (Lipinski definition) is 7. The molecule has 1 fully saturated rings. The first-order valence-electron chi connectivity index (χ1n) is 8.45. The van der Waals surface area contributed by atoms with Crippen molar-refractivity contribution in [3.63, 3.8) is 0 Å². The molecule has 4 N–H and O–H groups in total. The molecule has 134 valence electrons. The van der Waals surface area contributed by atoms with Gasteiger partial charge in [0.05, 0.1) is 5.69 Å². The first-order chi connectivity index (χ1) is 12.7. The van der Waals surface area contributed by atoms with Crippen LogP contribution in [0.4, 0.5) is 17.7 Å². The van der Waals surface area contributed by atoms with Crippen molar-refractivity contribution in [2.45, 2.75) is 18.9 Å². The topological polar surface area (TPSA) is 109 Å². The number of H-pyrrole nitrogens is 1. The molecule has 0 bridgehead atoms. The summed E-state index contributed by atoms with van der Waals surface area (Å²) < 4.78 is 0. The fraction of sp³-hybridized carbons (Fsp3) is 0.294. The first-order valence-corrected chi connectivity index (χ1v) is 8.82. The van der Waals surface area contributed by atoms with Crippen LogP contribution in [0.2, 0.25) is 5.02 Å². The van der Waals surface area contributed by atoms with Gasteiger partial charge in [0.1, 0.15) is 12.1 Å². The molecule has 4 rings (SSSR count). The summed E-state index contributed by atoms with van der Waals surface area (Å²) in [7, 11) is 0. The number of aromatic nitrogens is 5. The second-order valence-corrected chi connectivity index (χ2v) is 6.66. The number of nitrogens with two attached hydrogens (primary N) is 1. The number of hydrogen-bond donors (Lipinski definition) is 3. The molecule has 3 heterocycles. The Morgan fingerprint density at radius 1 is 1.19 bits per heavy atom. The Morgan fingerprint density at radius 2 is 2.04 bits per heavy atom. The largest absolute Gasteiger partial charge is 0.368 e. The Kier molecular flexibility index (Phi) is 4.57. The number of rotatable bonds is 4. The molecule has 0 aliphatic carbocycles. The molecule has 1 aliphatic rings. The second kappa shape index (κ2) is 7.17. The maximum absolute atomic E-state index is 6.07. The maximum atomic E-state index is 6.07. The molecule has 3 aromatic rings. The molecule has 0 amide bonds. The van der Waals surface area contributed by atoms with Gasteiger partial charge in [0.15, 0.2) is 0 Å². The van der Waals surface area contributed by atoms with Crippen LogP contribution in [0.1, 0.15) is 12.8 Å². The van der Waals surface area contributed by atoms with Crippen molar-refractivity contribution in [3.05, 3.63) is 41.7 Å². The van der Waals surface area contributed by atoms with Gasteiger partial charge in [-0.3, -0.25) is 0 Å². The van der Waals surface area contributed by atoms with Crippen molar-refractivity contribution >= 4 is 29.3 Å². The van der Waals surface area contributed by atoms with Crippen LogP contribution in [-0.4, -0.2) is 44.3 Å². The highest BCUT2D eigenvalue weighted by Crippen LogP contribution is 2.24. The number of piperidine rings is 1. The van der Waals surface area contributed by atoms with Crippen LogP contribution in [0.25, 0.3) is 11.3 Å². The van der Waals surface area contributed by atoms with E-state index in [4.69, 9.17) is 17.3 Å². The van der Waals surface area contributed by atoms with Crippen molar-refractivity contribution in [1.29, 1.82) is 0 Å². The van der Waals surface area contributed by atoms with Gasteiger partial charge in [-0.05, 0) is 25.0 Å². The minimum atomic E-state index is 0.338. The minimum absolute atomic E-state index is 0.338. The normalized spacial score (nSPS) is 15.2. The van der Waals surface area contributed by atoms with Gasteiger partial charge < -0.3 is 16.0 Å². The smallest absolute Gasteiger partial charge is 0.246 e. The monoisotopic (exact) mass is 370 g/mol. The molecular weight excluding hydrogens is 352 g/mol. The molecule has 8 nitrogen and oxygen atoms in total. The Balaban J connectivity index is 1.40. The lowest BCUT2D eigenvalue weighted by atomic mass is 10.1. The van der Waals surface area contributed by atoms with E-state index in [0.29, 0.717) is 23.0 Å². The SMILES string of the molecule is Nc1nc(N2CCC(Nc3cc(-c4cccc(Cl)c4)ncn3)CC2)n[nH]1. The predicted octanol–water partition coefficient (Wildman–Crippen LogP) is 2.58. The van der Waals surface area contributed by atoms with Crippen LogP contribution in [-0.2, 0) is 0 Å². The molecular formula is C17H19ClN8. The fourth-order valence-corrected chi connectivity index (χ4v) is 3.27. The third-order valence-corrected chi connectivity index (χ3v) is 4.64. The summed E-state index contributed by atoms with van der Waals surface area (Å²) in [6.07, 6.45) is 3.50. The van der Waals surface area contributed by atoms with Gasteiger partial charge in [0.25, 0.3) is 0 Å². The third-order valence-electron chi connectivity index (χ3n) is 4.41. The van der Waals surface area contributed by atoms with E-state index < -0.39 is 0 Å². The van der Waals surface area contributed by atoms with Crippen LogP contribution in [0.3, 0.4) is 0 Å². The van der Waals surface area contributed by atoms with Gasteiger partial charge in [-0.15, -0.1) is 5.10 Å². The highest BCUT2D eigenvalue weighted by molar-refractivity contribution is 6.30. The molecule has 0 radical (unpaired) electrons. The molecule has 2 aromatic heterocycles. The lowest BCUT2D eigenvalue weighted by Crippen LogP contribution is -2.39. The zero-order valence-electron chi connectivity index (χ0n) is 14.1. The zero-order valence-corrected chi connectivity index (χ0v) is 14.8. The van der Waals surface area contributed by atoms with Crippen molar-refractivity contribution in [2.75, 3.05) is 29.0 Å². The summed E-state index contributed by atoms with van der Waals surface area (Å²) in [6, 6.07) is 9.94. The second-order valence-electron chi connectivity index (χ2n) is 6.23. The molecule has 0 saturated carbocycles. The van der Waals surface area contributed by atoms with E-state index in [2.05, 4.69) is 35.4 Å². The lowest BCUT2D eigenvalue weighted by Gasteiger charge is -2.31. The predicted molar refractivity (Wildman–Crippen MR) is 102 cm³/mol. The van der Waals surface area contributed by atoms with E-state index in [1.807, 2.05) is 30.3 Å². The first kappa shape index (κ1) is 16.6. The summed E-state index contributed by atoms with van der Waals surface area (Å²) in [5, 5.41) is 11.0. The highest BCUT2D eigenvalue weighted by Gasteiger charge is 2.22. The molecule has 1 aromatic carbocycles. The average molecular weight is 371 g/mol. The number of benzene rings is 1. The standard InChI is InChI=1S/C17H19ClN8/c18-12-3-1-2-11(8-12)14-9-15(21-10-20-14)22-13-4-6-26(7-5-13)17-23-16(19)24-25-17/h1-3,8-10,13H,4-7H2,(H,20,21,22)(H3,19,23,24,25). The molecule has 1 aliphatic heterocycles. The van der Waals surface area contributed by atoms with Crippen LogP contribution in [0.15, 0.2) is 36.7 Å². The number of nitrogen functional groups attached to an aromatic ring is 1. The summed E-state index contributed by atoms with van der Waals surface area (Å²) in [5.74, 6) is 1.82. The number of aromatic amines is 1. The quantitative estimate of drug-likeness (QED) is 0.647. The van der Waals surface area contributed by atoms with Crippen molar-refractivity contribution in [2.24, 2.45) is 0 Å². The van der Waals surface area contributed by atoms with Crippen molar-refractivity contribution < 1.29 is 0 Å². The van der Waals surface area contributed by atoms with Crippen LogP contribution in [0, 0.1) is 0 Å². The van der Waals surface area contributed by atoms with Gasteiger partial charge in [-0.2, -0.15) is 4.98 Å². The van der Waals surface area contributed by atoms with E-state index in [-0.39, 0.29) is 0 Å². The lowest BCUT2D eigenvalue weighted by molar-refractivity contribution is 0.519. The molecule has 0 atom stereocenters. The fourth-order valence-electron chi connectivity index (χ4n) is 3.08. The van der Waals surface area contributed by atoms with Crippen molar-refractivity contribution in [1.82, 2.24) is 25.1 Å². The minimum Gasteiger partial charge on any atom is -0.368 e. The van der Waals surface area contributed by atoms with Gasteiger partial charge in [0.2, 0.25) is 11.9 Å². The molecule has 0 unspecified atom stereocenters. The van der Waals surface area contributed by atoms with Gasteiger partial charge >= 0.3 is 0 Å². The number of nitrogens with one attached hydrogen (secondary N) is 2. The molecule has 0 spiro atoms. The Morgan fingerprint density at radius 3 is 2.77 bits per heavy atom. The summed E-state index contributed by atoms with van der Waals surface area (Å²) in [5.41, 5.74) is 7.41. The van der Waals surface area contributed by atoms with Crippen LogP contribution >= 0.6 is 11.6 Å². The van der Waals surface area contributed by atoms with E-state index >= 15 is 0 Å². The van der Waals surface area contributed by atoms with Crippen LogP contribution in [0.5, 0.6) is 0 Å². The van der Waals surface area contributed by atoms with Gasteiger partial charge in [-0.25, -0.2) is 15.1 Å². The van der Waals surface area contributed by atoms with Gasteiger partial charge in [-0.1, -0.05) is 23.7 Å². The van der Waals surface area contributed by atoms with E-state index in [1.165, 1.54) is 0 Å². The molecule has 1 saturated heterocycles. The van der Waals surface area contributed by atoms with Crippen LogP contribution < -0.4 is 16.0 Å². The number of halogens is 1. The molecule has 26 heavy (non-hydrogen) atoms. The summed E-state index contributed by atoms with van der Waals surface area (Å²) in [4.78, 5) is 15.0. The Bertz CT molecular complexity index is 888. The highest BCUT2D eigenvalue weighted by atomic mass is 35.5.